The standard InChI is InChI=1S/C15H10BrNSSe/c16-13-8-6-12(7-9-13)15(18-11-17)10-19-14-4-2-1-3-5-14/h1-10H. The van der Waals surface area contributed by atoms with E-state index in [1.165, 1.54) is 16.2 Å². The molecular formula is C15H10BrNSSe. The summed E-state index contributed by atoms with van der Waals surface area (Å²) in [6.45, 7) is 0. The van der Waals surface area contributed by atoms with E-state index in [1.54, 1.807) is 0 Å². The molecule has 0 N–H and O–H groups in total. The molecule has 0 fully saturated rings. The number of thiocyanates is 1. The molecule has 1 nitrogen and oxygen atoms in total. The maximum absolute atomic E-state index is 8.92. The predicted octanol–water partition coefficient (Wildman–Crippen LogP) is 3.99. The Labute approximate surface area is 132 Å². The van der Waals surface area contributed by atoms with Gasteiger partial charge in [-0.1, -0.05) is 0 Å². The second-order valence-corrected chi connectivity index (χ2v) is 7.33. The van der Waals surface area contributed by atoms with E-state index in [9.17, 15) is 0 Å². The normalized spacial score (nSPS) is 11.1. The fourth-order valence-electron chi connectivity index (χ4n) is 1.43. The molecule has 0 atom stereocenters. The van der Waals surface area contributed by atoms with Gasteiger partial charge in [-0.3, -0.25) is 0 Å². The van der Waals surface area contributed by atoms with Crippen molar-refractivity contribution in [3.8, 4) is 5.40 Å². The Balaban J connectivity index is 2.20. The van der Waals surface area contributed by atoms with Gasteiger partial charge in [-0.25, -0.2) is 0 Å². The molecule has 2 rings (SSSR count). The molecule has 2 aromatic carbocycles. The third kappa shape index (κ3) is 4.56. The zero-order valence-corrected chi connectivity index (χ0v) is 14.0. The number of hydrogen-bond donors (Lipinski definition) is 0. The molecule has 0 radical (unpaired) electrons. The van der Waals surface area contributed by atoms with Crippen LogP contribution in [0.25, 0.3) is 4.91 Å². The molecular weight excluding hydrogens is 385 g/mol. The summed E-state index contributed by atoms with van der Waals surface area (Å²) in [5.74, 6) is 0. The van der Waals surface area contributed by atoms with Crippen molar-refractivity contribution in [2.45, 2.75) is 0 Å². The number of thioether (sulfide) groups is 1. The van der Waals surface area contributed by atoms with Gasteiger partial charge < -0.3 is 0 Å². The van der Waals surface area contributed by atoms with Crippen molar-refractivity contribution >= 4 is 52.0 Å². The van der Waals surface area contributed by atoms with Crippen molar-refractivity contribution in [1.29, 1.82) is 5.26 Å². The molecule has 0 bridgehead atoms. The number of nitriles is 1. The van der Waals surface area contributed by atoms with Crippen LogP contribution in [-0.2, 0) is 0 Å². The minimum absolute atomic E-state index is 0.244. The summed E-state index contributed by atoms with van der Waals surface area (Å²) < 4.78 is 2.36. The third-order valence-electron chi connectivity index (χ3n) is 2.33. The first-order valence-electron chi connectivity index (χ1n) is 5.53. The van der Waals surface area contributed by atoms with Crippen LogP contribution in [0, 0.1) is 10.7 Å². The average molecular weight is 395 g/mol. The molecule has 0 saturated carbocycles. The number of benzene rings is 2. The molecule has 0 aliphatic rings. The third-order valence-corrected chi connectivity index (χ3v) is 5.74. The second kappa shape index (κ2) is 7.57. The van der Waals surface area contributed by atoms with Crippen LogP contribution in [0.1, 0.15) is 5.56 Å². The van der Waals surface area contributed by atoms with Gasteiger partial charge in [-0.2, -0.15) is 0 Å². The summed E-state index contributed by atoms with van der Waals surface area (Å²) in [7, 11) is 0. The number of hydrogen-bond acceptors (Lipinski definition) is 2. The zero-order valence-electron chi connectivity index (χ0n) is 9.92. The van der Waals surface area contributed by atoms with Gasteiger partial charge in [0.25, 0.3) is 0 Å². The van der Waals surface area contributed by atoms with Crippen LogP contribution >= 0.6 is 27.7 Å². The Morgan fingerprint density at radius 1 is 1.11 bits per heavy atom. The van der Waals surface area contributed by atoms with Crippen molar-refractivity contribution in [3.63, 3.8) is 0 Å². The molecule has 0 spiro atoms. The van der Waals surface area contributed by atoms with Crippen LogP contribution in [0.15, 0.2) is 64.0 Å². The summed E-state index contributed by atoms with van der Waals surface area (Å²) in [4.78, 5) is 3.19. The molecule has 0 aliphatic heterocycles. The van der Waals surface area contributed by atoms with Gasteiger partial charge >= 0.3 is 132 Å². The van der Waals surface area contributed by atoms with E-state index < -0.39 is 0 Å². The molecule has 0 aliphatic carbocycles. The first-order chi connectivity index (χ1) is 9.29. The fraction of sp³-hybridized carbons (Fsp3) is 0. The fourth-order valence-corrected chi connectivity index (χ4v) is 4.11. The molecule has 4 heteroatoms. The number of rotatable bonds is 4. The van der Waals surface area contributed by atoms with Gasteiger partial charge in [0.1, 0.15) is 0 Å². The summed E-state index contributed by atoms with van der Waals surface area (Å²) in [6, 6.07) is 18.4. The van der Waals surface area contributed by atoms with E-state index in [1.807, 2.05) is 42.5 Å². The van der Waals surface area contributed by atoms with Gasteiger partial charge in [-0.05, 0) is 0 Å². The van der Waals surface area contributed by atoms with Crippen LogP contribution in [0.5, 0.6) is 0 Å². The van der Waals surface area contributed by atoms with Gasteiger partial charge in [0.2, 0.25) is 0 Å². The van der Waals surface area contributed by atoms with Crippen LogP contribution in [0.2, 0.25) is 0 Å². The number of halogens is 1. The predicted molar refractivity (Wildman–Crippen MR) is 87.2 cm³/mol. The Kier molecular flexibility index (Phi) is 5.75. The van der Waals surface area contributed by atoms with Crippen LogP contribution < -0.4 is 4.46 Å². The van der Waals surface area contributed by atoms with E-state index in [2.05, 4.69) is 38.4 Å². The Hall–Kier alpha value is -0.981. The Bertz CT molecular complexity index is 602. The summed E-state index contributed by atoms with van der Waals surface area (Å²) in [5.41, 5.74) is 1.09. The van der Waals surface area contributed by atoms with E-state index in [0.29, 0.717) is 0 Å². The summed E-state index contributed by atoms with van der Waals surface area (Å²) >= 11 is 4.89. The maximum atomic E-state index is 8.92. The van der Waals surface area contributed by atoms with Crippen LogP contribution in [-0.4, -0.2) is 15.0 Å². The molecule has 0 amide bonds. The van der Waals surface area contributed by atoms with Crippen molar-refractivity contribution in [3.05, 3.63) is 69.6 Å². The van der Waals surface area contributed by atoms with E-state index in [-0.39, 0.29) is 15.0 Å². The topological polar surface area (TPSA) is 23.8 Å². The summed E-state index contributed by atoms with van der Waals surface area (Å²) in [5, 5.41) is 11.1. The molecule has 0 saturated heterocycles. The molecule has 2 aromatic rings. The van der Waals surface area contributed by atoms with Crippen molar-refractivity contribution < 1.29 is 0 Å². The van der Waals surface area contributed by atoms with Gasteiger partial charge in [0.15, 0.2) is 0 Å². The molecule has 0 aromatic heterocycles. The Morgan fingerprint density at radius 2 is 1.79 bits per heavy atom. The van der Waals surface area contributed by atoms with E-state index in [4.69, 9.17) is 5.26 Å². The monoisotopic (exact) mass is 395 g/mol. The van der Waals surface area contributed by atoms with Gasteiger partial charge in [0, 0.05) is 0 Å². The summed E-state index contributed by atoms with van der Waals surface area (Å²) in [6.07, 6.45) is 0. The molecule has 0 unspecified atom stereocenters. The molecule has 94 valence electrons. The van der Waals surface area contributed by atoms with E-state index in [0.717, 1.165) is 14.9 Å². The van der Waals surface area contributed by atoms with E-state index >= 15 is 0 Å². The molecule has 19 heavy (non-hydrogen) atoms. The van der Waals surface area contributed by atoms with Gasteiger partial charge in [0.05, 0.1) is 0 Å². The van der Waals surface area contributed by atoms with Crippen molar-refractivity contribution in [2.24, 2.45) is 0 Å². The van der Waals surface area contributed by atoms with Crippen LogP contribution in [0.4, 0.5) is 0 Å². The SMILES string of the molecule is N#CSC(=C[Se]c1ccccc1)c1ccc(Br)cc1. The van der Waals surface area contributed by atoms with Crippen molar-refractivity contribution in [1.82, 2.24) is 0 Å². The van der Waals surface area contributed by atoms with Gasteiger partial charge in [-0.15, -0.1) is 0 Å². The number of nitrogens with zero attached hydrogens (tertiary/aromatic N) is 1. The quantitative estimate of drug-likeness (QED) is 0.578. The first kappa shape index (κ1) is 14.4. The average Bonchev–Trinajstić information content (AvgIpc) is 2.46. The molecule has 0 heterocycles. The zero-order chi connectivity index (χ0) is 13.5. The van der Waals surface area contributed by atoms with Crippen LogP contribution in [0.3, 0.4) is 0 Å². The second-order valence-electron chi connectivity index (χ2n) is 3.61. The first-order valence-corrected chi connectivity index (χ1v) is 8.99. The Morgan fingerprint density at radius 3 is 2.42 bits per heavy atom. The van der Waals surface area contributed by atoms with Crippen molar-refractivity contribution in [2.75, 3.05) is 0 Å². The minimum atomic E-state index is 0.244.